The summed E-state index contributed by atoms with van der Waals surface area (Å²) in [5.41, 5.74) is 1.20. The summed E-state index contributed by atoms with van der Waals surface area (Å²) < 4.78 is 24.9. The van der Waals surface area contributed by atoms with Crippen LogP contribution in [0, 0.1) is 0 Å². The number of piperidine rings is 1. The predicted octanol–water partition coefficient (Wildman–Crippen LogP) is 2.80. The number of esters is 2. The monoisotopic (exact) mass is 571 g/mol. The molecule has 0 radical (unpaired) electrons. The molecule has 2 N–H and O–H groups in total. The van der Waals surface area contributed by atoms with Crippen molar-refractivity contribution in [2.45, 2.75) is 83.5 Å². The highest BCUT2D eigenvalue weighted by molar-refractivity contribution is 5.83. The summed E-state index contributed by atoms with van der Waals surface area (Å²) in [6.07, 6.45) is -0.874. The Morgan fingerprint density at radius 2 is 1.73 bits per heavy atom. The largest absolute Gasteiger partial charge is 0.465 e. The molecule has 0 aliphatic carbocycles. The number of carboxylic acid groups (broad SMARTS) is 1. The lowest BCUT2D eigenvalue weighted by molar-refractivity contribution is -0.165. The molecule has 4 atom stereocenters. The number of likely N-dealkylation sites (tertiary alicyclic amines) is 1. The summed E-state index contributed by atoms with van der Waals surface area (Å²) in [6, 6.07) is 1.73. The molecule has 3 aromatic rings. The van der Waals surface area contributed by atoms with Gasteiger partial charge in [0.05, 0.1) is 12.0 Å². The average Bonchev–Trinajstić information content (AvgIpc) is 3.62. The summed E-state index contributed by atoms with van der Waals surface area (Å²) in [5.74, 6) is -0.392. The van der Waals surface area contributed by atoms with Gasteiger partial charge in [0.2, 0.25) is 0 Å². The molecular formula is C26H33N7O8. The van der Waals surface area contributed by atoms with Gasteiger partial charge < -0.3 is 34.1 Å². The van der Waals surface area contributed by atoms with Crippen LogP contribution in [-0.4, -0.2) is 84.1 Å². The van der Waals surface area contributed by atoms with Crippen LogP contribution in [0.5, 0.6) is 0 Å². The first kappa shape index (κ1) is 28.3. The molecule has 2 fully saturated rings. The van der Waals surface area contributed by atoms with Crippen LogP contribution < -0.4 is 5.32 Å². The second-order valence-corrected chi connectivity index (χ2v) is 11.2. The van der Waals surface area contributed by atoms with Crippen molar-refractivity contribution in [1.82, 2.24) is 29.6 Å². The highest BCUT2D eigenvalue weighted by Crippen LogP contribution is 2.44. The number of hydrogen-bond donors (Lipinski definition) is 2. The van der Waals surface area contributed by atoms with Crippen molar-refractivity contribution in [1.29, 1.82) is 0 Å². The van der Waals surface area contributed by atoms with Gasteiger partial charge in [-0.25, -0.2) is 19.7 Å². The molecule has 15 heteroatoms. The molecule has 2 saturated heterocycles. The number of imidazole rings is 1. The van der Waals surface area contributed by atoms with Crippen LogP contribution in [0.15, 0.2) is 23.2 Å². The van der Waals surface area contributed by atoms with Crippen LogP contribution >= 0.6 is 0 Å². The third-order valence-corrected chi connectivity index (χ3v) is 7.11. The lowest BCUT2D eigenvalue weighted by Gasteiger charge is -2.30. The minimum atomic E-state index is -1.06. The second-order valence-electron chi connectivity index (χ2n) is 11.2. The topological polar surface area (TPSA) is 184 Å². The van der Waals surface area contributed by atoms with Gasteiger partial charge in [0, 0.05) is 44.5 Å². The molecule has 41 heavy (non-hydrogen) atoms. The van der Waals surface area contributed by atoms with Gasteiger partial charge in [0.1, 0.15) is 6.33 Å². The number of carbonyl (C=O) groups is 3. The van der Waals surface area contributed by atoms with Crippen molar-refractivity contribution in [3.8, 4) is 0 Å². The number of nitrogens with zero attached hydrogens (tertiary/aromatic N) is 6. The number of carbonyl (C=O) groups excluding carboxylic acids is 2. The molecule has 0 unspecified atom stereocenters. The van der Waals surface area contributed by atoms with Crippen molar-refractivity contribution in [3.63, 3.8) is 0 Å². The quantitative estimate of drug-likeness (QED) is 0.412. The maximum absolute atomic E-state index is 12.2. The zero-order chi connectivity index (χ0) is 29.5. The fraction of sp³-hybridized carbons (Fsp3) is 0.577. The van der Waals surface area contributed by atoms with E-state index in [0.29, 0.717) is 54.4 Å². The van der Waals surface area contributed by atoms with Crippen LogP contribution in [0.4, 0.5) is 10.6 Å². The highest BCUT2D eigenvalue weighted by atomic mass is 16.6. The van der Waals surface area contributed by atoms with Gasteiger partial charge in [0.25, 0.3) is 0 Å². The molecular weight excluding hydrogens is 538 g/mol. The van der Waals surface area contributed by atoms with Gasteiger partial charge in [0.15, 0.2) is 47.3 Å². The number of fused-ring (bicyclic) bond motifs is 1. The zero-order valence-electron chi connectivity index (χ0n) is 23.4. The van der Waals surface area contributed by atoms with Crippen LogP contribution in [-0.2, 0) is 29.2 Å². The average molecular weight is 572 g/mol. The van der Waals surface area contributed by atoms with E-state index in [0.717, 1.165) is 0 Å². The van der Waals surface area contributed by atoms with E-state index in [1.807, 2.05) is 20.8 Å². The van der Waals surface area contributed by atoms with E-state index in [1.54, 1.807) is 10.6 Å². The number of hydrogen-bond acceptors (Lipinski definition) is 12. The maximum Gasteiger partial charge on any atom is 0.407 e. The van der Waals surface area contributed by atoms with E-state index >= 15 is 0 Å². The molecule has 2 aliphatic heterocycles. The molecule has 5 rings (SSSR count). The minimum absolute atomic E-state index is 0.00781. The van der Waals surface area contributed by atoms with Crippen molar-refractivity contribution in [2.75, 3.05) is 18.4 Å². The number of ether oxygens (including phenoxy) is 3. The third-order valence-electron chi connectivity index (χ3n) is 7.11. The smallest absolute Gasteiger partial charge is 0.407 e. The van der Waals surface area contributed by atoms with Crippen LogP contribution in [0.3, 0.4) is 0 Å². The Morgan fingerprint density at radius 3 is 2.34 bits per heavy atom. The molecule has 2 aliphatic rings. The third kappa shape index (κ3) is 5.80. The first-order valence-corrected chi connectivity index (χ1v) is 13.3. The number of rotatable bonds is 6. The Morgan fingerprint density at radius 1 is 1.05 bits per heavy atom. The molecule has 5 heterocycles. The van der Waals surface area contributed by atoms with Crippen molar-refractivity contribution in [3.05, 3.63) is 30.2 Å². The van der Waals surface area contributed by atoms with E-state index in [1.165, 1.54) is 31.4 Å². The summed E-state index contributed by atoms with van der Waals surface area (Å²) in [7, 11) is 0. The van der Waals surface area contributed by atoms with E-state index in [-0.39, 0.29) is 11.5 Å². The molecule has 0 spiro atoms. The molecule has 0 bridgehead atoms. The van der Waals surface area contributed by atoms with Gasteiger partial charge >= 0.3 is 18.0 Å². The zero-order valence-corrected chi connectivity index (χ0v) is 23.4. The van der Waals surface area contributed by atoms with Gasteiger partial charge in [-0.05, 0) is 12.8 Å². The van der Waals surface area contributed by atoms with Crippen LogP contribution in [0.25, 0.3) is 11.2 Å². The second kappa shape index (κ2) is 11.0. The minimum Gasteiger partial charge on any atom is -0.465 e. The molecule has 3 aromatic heterocycles. The number of aromatic nitrogens is 5. The lowest BCUT2D eigenvalue weighted by Crippen LogP contribution is -2.41. The SMILES string of the molecule is CC(=O)O[C@@H]1[C@H](OC(C)=O)[C@H](n2cnc3c(NC4CCN(C(=O)O)CC4)ncnc32)O[C@@H]1c1cc(C(C)(C)C)no1. The van der Waals surface area contributed by atoms with Crippen molar-refractivity contribution >= 4 is 35.0 Å². The van der Waals surface area contributed by atoms with E-state index < -0.39 is 42.6 Å². The van der Waals surface area contributed by atoms with E-state index in [9.17, 15) is 19.5 Å². The molecule has 15 nitrogen and oxygen atoms in total. The first-order chi connectivity index (χ1) is 19.4. The van der Waals surface area contributed by atoms with E-state index in [2.05, 4.69) is 25.4 Å². The summed E-state index contributed by atoms with van der Waals surface area (Å²) in [5, 5.41) is 16.7. The Kier molecular flexibility index (Phi) is 7.55. The van der Waals surface area contributed by atoms with Gasteiger partial charge in [-0.3, -0.25) is 14.2 Å². The first-order valence-electron chi connectivity index (χ1n) is 13.3. The Balaban J connectivity index is 1.47. The van der Waals surface area contributed by atoms with Crippen LogP contribution in [0.1, 0.15) is 71.2 Å². The number of amides is 1. The van der Waals surface area contributed by atoms with Gasteiger partial charge in [-0.15, -0.1) is 0 Å². The number of nitrogens with one attached hydrogen (secondary N) is 1. The predicted molar refractivity (Wildman–Crippen MR) is 141 cm³/mol. The molecule has 1 amide bonds. The van der Waals surface area contributed by atoms with Crippen molar-refractivity contribution < 1.29 is 38.2 Å². The standard InChI is InChI=1S/C26H33N7O8/c1-13(34)38-20-19(16-10-17(31-41-16)26(3,4)5)40-24(21(20)39-14(2)35)33-12-29-18-22(27-11-28-23(18)33)30-15-6-8-32(9-7-15)25(36)37/h10-12,15,19-21,24H,6-9H2,1-5H3,(H,36,37)(H,27,28,30)/t19-,20+,21+,24-/m1/s1. The summed E-state index contributed by atoms with van der Waals surface area (Å²) >= 11 is 0. The number of anilines is 1. The molecule has 0 saturated carbocycles. The van der Waals surface area contributed by atoms with Gasteiger partial charge in [-0.1, -0.05) is 25.9 Å². The lowest BCUT2D eigenvalue weighted by atomic mass is 9.92. The maximum atomic E-state index is 12.2. The van der Waals surface area contributed by atoms with Gasteiger partial charge in [-0.2, -0.15) is 0 Å². The summed E-state index contributed by atoms with van der Waals surface area (Å²) in [4.78, 5) is 50.2. The molecule has 220 valence electrons. The van der Waals surface area contributed by atoms with Crippen molar-refractivity contribution in [2.24, 2.45) is 0 Å². The van der Waals surface area contributed by atoms with E-state index in [4.69, 9.17) is 18.7 Å². The molecule has 0 aromatic carbocycles. The Labute approximate surface area is 235 Å². The normalized spacial score (nSPS) is 23.5. The Hall–Kier alpha value is -4.27. The van der Waals surface area contributed by atoms with Crippen LogP contribution in [0.2, 0.25) is 0 Å². The Bertz CT molecular complexity index is 1440. The summed E-state index contributed by atoms with van der Waals surface area (Å²) in [6.45, 7) is 9.28. The highest BCUT2D eigenvalue weighted by Gasteiger charge is 2.53. The fourth-order valence-corrected chi connectivity index (χ4v) is 5.06. The fourth-order valence-electron chi connectivity index (χ4n) is 5.06.